The smallest absolute Gasteiger partial charge is 0.185 e. The van der Waals surface area contributed by atoms with Crippen LogP contribution in [0, 0.1) is 0 Å². The molecule has 0 fully saturated rings. The highest BCUT2D eigenvalue weighted by Gasteiger charge is 1.98. The van der Waals surface area contributed by atoms with Gasteiger partial charge in [-0.05, 0) is 19.1 Å². The highest BCUT2D eigenvalue weighted by atomic mass is 32.1. The number of thiocarbonyl (C=S) groups is 1. The van der Waals surface area contributed by atoms with E-state index in [-0.39, 0.29) is 25.9 Å². The number of hydrogen-bond donors (Lipinski definition) is 2. The summed E-state index contributed by atoms with van der Waals surface area (Å²) in [4.78, 5) is 0. The maximum absolute atomic E-state index is 8.38. The average Bonchev–Trinajstić information content (AvgIpc) is 2.00. The Kier molecular flexibility index (Phi) is 7.28. The molecule has 0 aliphatic rings. The van der Waals surface area contributed by atoms with Crippen molar-refractivity contribution in [2.45, 2.75) is 13.0 Å². The summed E-state index contributed by atoms with van der Waals surface area (Å²) < 4.78 is 9.97. The monoisotopic (exact) mass is 193 g/mol. The Morgan fingerprint density at radius 3 is 2.83 bits per heavy atom. The fourth-order valence-corrected chi connectivity index (χ4v) is 0.696. The predicted molar refractivity (Wildman–Crippen MR) is 50.1 cm³/mol. The van der Waals surface area contributed by atoms with E-state index in [2.05, 4.69) is 0 Å². The van der Waals surface area contributed by atoms with Gasteiger partial charge in [-0.25, -0.2) is 0 Å². The topological polar surface area (TPSA) is 64.7 Å². The lowest BCUT2D eigenvalue weighted by molar-refractivity contribution is 0.133. The number of hydrogen-bond acceptors (Lipinski definition) is 5. The number of aliphatic hydroxyl groups is 1. The first kappa shape index (κ1) is 11.8. The van der Waals surface area contributed by atoms with Gasteiger partial charge < -0.3 is 20.3 Å². The fraction of sp³-hybridized carbons (Fsp3) is 0.857. The van der Waals surface area contributed by atoms with Crippen molar-refractivity contribution in [1.82, 2.24) is 0 Å². The number of ether oxygens (including phenoxy) is 2. The average molecular weight is 193 g/mol. The molecule has 12 heavy (non-hydrogen) atoms. The molecular weight excluding hydrogens is 178 g/mol. The molecule has 1 unspecified atom stereocenters. The van der Waals surface area contributed by atoms with Gasteiger partial charge in [-0.15, -0.1) is 0 Å². The van der Waals surface area contributed by atoms with Crippen LogP contribution in [0.15, 0.2) is 0 Å². The van der Waals surface area contributed by atoms with Crippen LogP contribution in [-0.4, -0.2) is 42.6 Å². The Hall–Kier alpha value is -0.230. The van der Waals surface area contributed by atoms with Gasteiger partial charge in [0.05, 0.1) is 13.2 Å². The maximum atomic E-state index is 8.38. The van der Waals surface area contributed by atoms with E-state index in [1.54, 1.807) is 0 Å². The summed E-state index contributed by atoms with van der Waals surface area (Å²) in [5, 5.41) is 8.73. The summed E-state index contributed by atoms with van der Waals surface area (Å²) in [5.74, 6) is 0. The van der Waals surface area contributed by atoms with Gasteiger partial charge in [-0.1, -0.05) is 0 Å². The minimum atomic E-state index is -0.0343. The van der Waals surface area contributed by atoms with Crippen molar-refractivity contribution in [3.05, 3.63) is 0 Å². The van der Waals surface area contributed by atoms with Gasteiger partial charge >= 0.3 is 0 Å². The second kappa shape index (κ2) is 7.42. The Labute approximate surface area is 77.6 Å². The summed E-state index contributed by atoms with van der Waals surface area (Å²) in [6, 6.07) is 0.00522. The van der Waals surface area contributed by atoms with Crippen LogP contribution in [0.4, 0.5) is 0 Å². The van der Waals surface area contributed by atoms with Crippen LogP contribution >= 0.6 is 12.2 Å². The molecule has 4 nitrogen and oxygen atoms in total. The molecule has 0 aromatic heterocycles. The van der Waals surface area contributed by atoms with E-state index < -0.39 is 0 Å². The molecule has 0 saturated heterocycles. The zero-order chi connectivity index (χ0) is 9.40. The zero-order valence-corrected chi connectivity index (χ0v) is 7.97. The van der Waals surface area contributed by atoms with E-state index in [1.807, 2.05) is 6.92 Å². The second-order valence-electron chi connectivity index (χ2n) is 2.44. The molecule has 0 bridgehead atoms. The van der Waals surface area contributed by atoms with Crippen molar-refractivity contribution >= 4 is 17.3 Å². The number of nitrogens with two attached hydrogens (primary N) is 1. The fourth-order valence-electron chi connectivity index (χ4n) is 0.529. The van der Waals surface area contributed by atoms with E-state index in [9.17, 15) is 0 Å². The third-order valence-corrected chi connectivity index (χ3v) is 1.19. The Morgan fingerprint density at radius 1 is 1.67 bits per heavy atom. The molecule has 0 saturated carbocycles. The Bertz CT molecular complexity index is 130. The molecule has 0 spiro atoms. The molecule has 5 heteroatoms. The Balaban J connectivity index is 3.20. The summed E-state index contributed by atoms with van der Waals surface area (Å²) in [6.45, 7) is 2.75. The largest absolute Gasteiger partial charge is 0.482 e. The normalized spacial score (nSPS) is 12.6. The zero-order valence-electron chi connectivity index (χ0n) is 7.16. The van der Waals surface area contributed by atoms with Gasteiger partial charge in [0.2, 0.25) is 0 Å². The van der Waals surface area contributed by atoms with Crippen LogP contribution in [0.1, 0.15) is 6.92 Å². The molecule has 1 atom stereocenters. The van der Waals surface area contributed by atoms with E-state index >= 15 is 0 Å². The lowest BCUT2D eigenvalue weighted by Gasteiger charge is -2.08. The Morgan fingerprint density at radius 2 is 2.33 bits per heavy atom. The first-order chi connectivity index (χ1) is 5.66. The van der Waals surface area contributed by atoms with Crippen molar-refractivity contribution < 1.29 is 14.6 Å². The van der Waals surface area contributed by atoms with Gasteiger partial charge in [-0.2, -0.15) is 0 Å². The van der Waals surface area contributed by atoms with E-state index in [1.165, 1.54) is 0 Å². The highest BCUT2D eigenvalue weighted by Crippen LogP contribution is 1.86. The van der Waals surface area contributed by atoms with Crippen LogP contribution in [0.2, 0.25) is 0 Å². The first-order valence-electron chi connectivity index (χ1n) is 3.76. The number of aliphatic hydroxyl groups excluding tert-OH is 1. The van der Waals surface area contributed by atoms with Gasteiger partial charge in [0.1, 0.15) is 13.2 Å². The van der Waals surface area contributed by atoms with Gasteiger partial charge in [0, 0.05) is 6.04 Å². The first-order valence-corrected chi connectivity index (χ1v) is 4.17. The van der Waals surface area contributed by atoms with Crippen LogP contribution in [0.25, 0.3) is 0 Å². The van der Waals surface area contributed by atoms with Crippen LogP contribution in [0.5, 0.6) is 0 Å². The molecule has 3 N–H and O–H groups in total. The molecule has 0 heterocycles. The summed E-state index contributed by atoms with van der Waals surface area (Å²) in [7, 11) is 0. The van der Waals surface area contributed by atoms with Crippen molar-refractivity contribution in [2.24, 2.45) is 5.73 Å². The molecule has 0 aliphatic carbocycles. The lowest BCUT2D eigenvalue weighted by atomic mass is 10.4. The SMILES string of the molecule is CC(N)COCC(=S)OCCO. The molecule has 0 rings (SSSR count). The van der Waals surface area contributed by atoms with Gasteiger partial charge in [0.15, 0.2) is 5.05 Å². The van der Waals surface area contributed by atoms with E-state index in [0.717, 1.165) is 0 Å². The van der Waals surface area contributed by atoms with Crippen molar-refractivity contribution in [1.29, 1.82) is 0 Å². The van der Waals surface area contributed by atoms with Crippen LogP contribution in [-0.2, 0) is 9.47 Å². The summed E-state index contributed by atoms with van der Waals surface area (Å²) in [5.41, 5.74) is 5.43. The van der Waals surface area contributed by atoms with Crippen LogP contribution in [0.3, 0.4) is 0 Å². The summed E-state index contributed by atoms with van der Waals surface area (Å²) >= 11 is 4.77. The third kappa shape index (κ3) is 7.87. The second-order valence-corrected chi connectivity index (χ2v) is 2.89. The lowest BCUT2D eigenvalue weighted by Crippen LogP contribution is -2.24. The predicted octanol–water partition coefficient (Wildman–Crippen LogP) is -0.313. The molecule has 72 valence electrons. The molecule has 0 radical (unpaired) electrons. The molecule has 0 amide bonds. The van der Waals surface area contributed by atoms with Crippen molar-refractivity contribution in [3.8, 4) is 0 Å². The van der Waals surface area contributed by atoms with Gasteiger partial charge in [0.25, 0.3) is 0 Å². The minimum Gasteiger partial charge on any atom is -0.482 e. The highest BCUT2D eigenvalue weighted by molar-refractivity contribution is 7.80. The van der Waals surface area contributed by atoms with Crippen molar-refractivity contribution in [3.63, 3.8) is 0 Å². The van der Waals surface area contributed by atoms with E-state index in [0.29, 0.717) is 11.7 Å². The standard InChI is InChI=1S/C7H15NO3S/c1-6(8)4-10-5-7(12)11-3-2-9/h6,9H,2-5,8H2,1H3. The quantitative estimate of drug-likeness (QED) is 0.566. The molecular formula is C7H15NO3S. The van der Waals surface area contributed by atoms with E-state index in [4.69, 9.17) is 32.5 Å². The van der Waals surface area contributed by atoms with Gasteiger partial charge in [-0.3, -0.25) is 0 Å². The summed E-state index contributed by atoms with van der Waals surface area (Å²) in [6.07, 6.45) is 0. The maximum Gasteiger partial charge on any atom is 0.185 e. The minimum absolute atomic E-state index is 0.00522. The molecule has 0 aromatic carbocycles. The van der Waals surface area contributed by atoms with Crippen LogP contribution < -0.4 is 5.73 Å². The molecule has 0 aromatic rings. The van der Waals surface area contributed by atoms with Crippen molar-refractivity contribution in [2.75, 3.05) is 26.4 Å². The third-order valence-electron chi connectivity index (χ3n) is 0.955. The number of rotatable bonds is 6. The molecule has 0 aliphatic heterocycles.